The maximum atomic E-state index is 12.0. The minimum Gasteiger partial charge on any atom is -0.444 e. The first-order chi connectivity index (χ1) is 12.1. The molecule has 27 heavy (non-hydrogen) atoms. The number of guanidine groups is 1. The van der Waals surface area contributed by atoms with E-state index in [0.717, 1.165) is 18.9 Å². The van der Waals surface area contributed by atoms with Gasteiger partial charge in [0.1, 0.15) is 5.60 Å². The highest BCUT2D eigenvalue weighted by Gasteiger charge is 2.25. The lowest BCUT2D eigenvalue weighted by Crippen LogP contribution is -2.55. The van der Waals surface area contributed by atoms with Crippen molar-refractivity contribution in [3.63, 3.8) is 0 Å². The molecule has 1 fully saturated rings. The Kier molecular flexibility index (Phi) is 11.6. The van der Waals surface area contributed by atoms with E-state index in [0.29, 0.717) is 12.6 Å². The number of rotatable bonds is 7. The number of hydrogen-bond acceptors (Lipinski definition) is 4. The summed E-state index contributed by atoms with van der Waals surface area (Å²) in [5, 5.41) is 9.61. The molecular formula is C19H40IN5O2. The number of alkyl carbamates (subject to hydrolysis) is 1. The van der Waals surface area contributed by atoms with Crippen LogP contribution in [0.25, 0.3) is 0 Å². The number of aliphatic imine (C=N–C) groups is 1. The van der Waals surface area contributed by atoms with E-state index in [1.54, 1.807) is 7.05 Å². The van der Waals surface area contributed by atoms with Crippen LogP contribution in [0, 0.1) is 0 Å². The average Bonchev–Trinajstić information content (AvgIpc) is 3.02. The molecule has 0 aromatic rings. The highest BCUT2D eigenvalue weighted by atomic mass is 127. The molecular weight excluding hydrogens is 457 g/mol. The number of ether oxygens (including phenoxy) is 1. The van der Waals surface area contributed by atoms with Gasteiger partial charge < -0.3 is 20.7 Å². The van der Waals surface area contributed by atoms with Crippen molar-refractivity contribution in [3.8, 4) is 0 Å². The molecule has 0 aromatic heterocycles. The minimum atomic E-state index is -0.504. The van der Waals surface area contributed by atoms with Crippen molar-refractivity contribution in [2.24, 2.45) is 4.99 Å². The largest absolute Gasteiger partial charge is 0.444 e. The molecule has 1 amide bonds. The van der Waals surface area contributed by atoms with E-state index in [-0.39, 0.29) is 24.0 Å². The number of carbonyl (C=O) groups is 1. The molecule has 160 valence electrons. The maximum Gasteiger partial charge on any atom is 0.408 e. The van der Waals surface area contributed by atoms with Gasteiger partial charge in [-0.3, -0.25) is 9.89 Å². The summed E-state index contributed by atoms with van der Waals surface area (Å²) in [6, 6.07) is 0.531. The monoisotopic (exact) mass is 497 g/mol. The van der Waals surface area contributed by atoms with Crippen LogP contribution in [0.4, 0.5) is 4.79 Å². The SMILES string of the molecule is CCC(CNC(=NC)NCC(C)(C)NC(=O)OC(C)(C)C)N1CCCC1.I. The summed E-state index contributed by atoms with van der Waals surface area (Å²) in [4.78, 5) is 18.8. The number of amides is 1. The van der Waals surface area contributed by atoms with Gasteiger partial charge in [-0.05, 0) is 67.0 Å². The predicted octanol–water partition coefficient (Wildman–Crippen LogP) is 2.95. The molecule has 1 atom stereocenters. The first-order valence-electron chi connectivity index (χ1n) is 9.76. The van der Waals surface area contributed by atoms with E-state index >= 15 is 0 Å². The van der Waals surface area contributed by atoms with E-state index in [9.17, 15) is 4.79 Å². The molecule has 1 saturated heterocycles. The molecule has 0 aliphatic carbocycles. The normalized spacial score (nSPS) is 17.1. The van der Waals surface area contributed by atoms with Gasteiger partial charge >= 0.3 is 6.09 Å². The van der Waals surface area contributed by atoms with Crippen molar-refractivity contribution in [3.05, 3.63) is 0 Å². The highest BCUT2D eigenvalue weighted by Crippen LogP contribution is 2.13. The van der Waals surface area contributed by atoms with Gasteiger partial charge in [0.25, 0.3) is 0 Å². The quantitative estimate of drug-likeness (QED) is 0.287. The number of carbonyl (C=O) groups excluding carboxylic acids is 1. The van der Waals surface area contributed by atoms with Crippen molar-refractivity contribution in [1.29, 1.82) is 0 Å². The second-order valence-electron chi connectivity index (χ2n) is 8.62. The van der Waals surface area contributed by atoms with Crippen LogP contribution in [0.2, 0.25) is 0 Å². The van der Waals surface area contributed by atoms with Gasteiger partial charge in [0.05, 0.1) is 5.54 Å². The Morgan fingerprint density at radius 2 is 1.74 bits per heavy atom. The van der Waals surface area contributed by atoms with Crippen molar-refractivity contribution >= 4 is 36.0 Å². The Labute approximate surface area is 182 Å². The Hall–Kier alpha value is -0.770. The summed E-state index contributed by atoms with van der Waals surface area (Å²) < 4.78 is 5.33. The molecule has 0 spiro atoms. The van der Waals surface area contributed by atoms with Crippen molar-refractivity contribution in [2.75, 3.05) is 33.2 Å². The number of halogens is 1. The van der Waals surface area contributed by atoms with Crippen LogP contribution >= 0.6 is 24.0 Å². The molecule has 1 aliphatic heterocycles. The fourth-order valence-electron chi connectivity index (χ4n) is 3.00. The second-order valence-corrected chi connectivity index (χ2v) is 8.62. The van der Waals surface area contributed by atoms with E-state index in [4.69, 9.17) is 4.74 Å². The van der Waals surface area contributed by atoms with E-state index < -0.39 is 17.2 Å². The van der Waals surface area contributed by atoms with E-state index in [1.807, 2.05) is 34.6 Å². The van der Waals surface area contributed by atoms with E-state index in [1.165, 1.54) is 25.9 Å². The number of nitrogens with zero attached hydrogens (tertiary/aromatic N) is 2. The standard InChI is InChI=1S/C19H39N5O2.HI/c1-8-15(24-11-9-10-12-24)13-21-16(20-7)22-14-19(5,6)23-17(25)26-18(2,3)4;/h15H,8-14H2,1-7H3,(H,23,25)(H2,20,21,22);1H. The molecule has 0 bridgehead atoms. The van der Waals surface area contributed by atoms with Gasteiger partial charge in [-0.1, -0.05) is 6.92 Å². The predicted molar refractivity (Wildman–Crippen MR) is 123 cm³/mol. The van der Waals surface area contributed by atoms with Crippen LogP contribution in [-0.4, -0.2) is 67.4 Å². The molecule has 0 radical (unpaired) electrons. The molecule has 7 nitrogen and oxygen atoms in total. The first-order valence-corrected chi connectivity index (χ1v) is 9.76. The summed E-state index contributed by atoms with van der Waals surface area (Å²) in [6.07, 6.45) is 3.31. The van der Waals surface area contributed by atoms with E-state index in [2.05, 4.69) is 32.8 Å². The number of nitrogens with one attached hydrogen (secondary N) is 3. The smallest absolute Gasteiger partial charge is 0.408 e. The van der Waals surface area contributed by atoms with Gasteiger partial charge in [-0.2, -0.15) is 0 Å². The summed E-state index contributed by atoms with van der Waals surface area (Å²) in [6.45, 7) is 15.5. The Morgan fingerprint density at radius 1 is 1.15 bits per heavy atom. The molecule has 0 aromatic carbocycles. The molecule has 1 rings (SSSR count). The van der Waals surface area contributed by atoms with Crippen LogP contribution in [0.3, 0.4) is 0 Å². The second kappa shape index (κ2) is 11.9. The third-order valence-corrected chi connectivity index (χ3v) is 4.39. The molecule has 1 heterocycles. The summed E-state index contributed by atoms with van der Waals surface area (Å²) in [5.74, 6) is 0.752. The first kappa shape index (κ1) is 26.2. The van der Waals surface area contributed by atoms with Crippen molar-refractivity contribution < 1.29 is 9.53 Å². The fraction of sp³-hybridized carbons (Fsp3) is 0.895. The van der Waals surface area contributed by atoms with Gasteiger partial charge in [-0.15, -0.1) is 24.0 Å². The summed E-state index contributed by atoms with van der Waals surface area (Å²) in [7, 11) is 1.76. The van der Waals surface area contributed by atoms with Crippen molar-refractivity contribution in [2.45, 2.75) is 78.0 Å². The zero-order valence-electron chi connectivity index (χ0n) is 18.1. The summed E-state index contributed by atoms with van der Waals surface area (Å²) in [5.41, 5.74) is -0.963. The third-order valence-electron chi connectivity index (χ3n) is 4.39. The topological polar surface area (TPSA) is 78.0 Å². The zero-order valence-corrected chi connectivity index (χ0v) is 20.5. The molecule has 1 unspecified atom stereocenters. The van der Waals surface area contributed by atoms with Crippen LogP contribution in [0.5, 0.6) is 0 Å². The van der Waals surface area contributed by atoms with Gasteiger partial charge in [-0.25, -0.2) is 4.79 Å². The third kappa shape index (κ3) is 11.0. The van der Waals surface area contributed by atoms with Crippen LogP contribution in [-0.2, 0) is 4.74 Å². The van der Waals surface area contributed by atoms with Crippen LogP contribution in [0.1, 0.15) is 60.8 Å². The number of likely N-dealkylation sites (tertiary alicyclic amines) is 1. The highest BCUT2D eigenvalue weighted by molar-refractivity contribution is 14.0. The Morgan fingerprint density at radius 3 is 2.22 bits per heavy atom. The lowest BCUT2D eigenvalue weighted by Gasteiger charge is -2.30. The van der Waals surface area contributed by atoms with Gasteiger partial charge in [0.2, 0.25) is 0 Å². The Balaban J connectivity index is 0.00000676. The van der Waals surface area contributed by atoms with Gasteiger partial charge in [0, 0.05) is 26.2 Å². The molecule has 1 aliphatic rings. The zero-order chi connectivity index (χ0) is 19.8. The van der Waals surface area contributed by atoms with Gasteiger partial charge in [0.15, 0.2) is 5.96 Å². The minimum absolute atomic E-state index is 0. The Bertz CT molecular complexity index is 471. The molecule has 8 heteroatoms. The lowest BCUT2D eigenvalue weighted by atomic mass is 10.1. The average molecular weight is 497 g/mol. The molecule has 0 saturated carbocycles. The van der Waals surface area contributed by atoms with Crippen LogP contribution in [0.15, 0.2) is 4.99 Å². The molecule has 3 N–H and O–H groups in total. The lowest BCUT2D eigenvalue weighted by molar-refractivity contribution is 0.0474. The summed E-state index contributed by atoms with van der Waals surface area (Å²) >= 11 is 0. The van der Waals surface area contributed by atoms with Crippen LogP contribution < -0.4 is 16.0 Å². The fourth-order valence-corrected chi connectivity index (χ4v) is 3.00. The number of hydrogen-bond donors (Lipinski definition) is 3. The maximum absolute atomic E-state index is 12.0. The van der Waals surface area contributed by atoms with Crippen molar-refractivity contribution in [1.82, 2.24) is 20.9 Å².